The Morgan fingerprint density at radius 2 is 1.36 bits per heavy atom. The second-order valence-corrected chi connectivity index (χ2v) is 12.4. The van der Waals surface area contributed by atoms with Gasteiger partial charge in [0.2, 0.25) is 0 Å². The van der Waals surface area contributed by atoms with Crippen LogP contribution in [0.5, 0.6) is 5.75 Å². The van der Waals surface area contributed by atoms with Crippen LogP contribution in [0.4, 0.5) is 0 Å². The van der Waals surface area contributed by atoms with Gasteiger partial charge >= 0.3 is 0 Å². The number of fused-ring (bicyclic) bond motifs is 3. The Morgan fingerprint density at radius 1 is 0.720 bits per heavy atom. The molecule has 0 radical (unpaired) electrons. The highest BCUT2D eigenvalue weighted by molar-refractivity contribution is 7.16. The van der Waals surface area contributed by atoms with Crippen LogP contribution in [-0.2, 0) is 0 Å². The second kappa shape index (κ2) is 5.60. The van der Waals surface area contributed by atoms with Crippen molar-refractivity contribution in [1.29, 1.82) is 0 Å². The van der Waals surface area contributed by atoms with Crippen LogP contribution >= 0.6 is 0 Å². The first-order chi connectivity index (χ1) is 12.0. The lowest BCUT2D eigenvalue weighted by molar-refractivity contribution is 0.418. The van der Waals surface area contributed by atoms with Gasteiger partial charge in [0, 0.05) is 0 Å². The average molecular weight is 345 g/mol. The molecule has 0 spiro atoms. The summed E-state index contributed by atoms with van der Waals surface area (Å²) < 4.78 is 5.89. The number of benzene rings is 3. The molecule has 0 aliphatic carbocycles. The van der Waals surface area contributed by atoms with Gasteiger partial charge in [0.25, 0.3) is 0 Å². The molecule has 3 aromatic carbocycles. The quantitative estimate of drug-likeness (QED) is 0.640. The molecule has 25 heavy (non-hydrogen) atoms. The molecule has 4 rings (SSSR count). The van der Waals surface area contributed by atoms with E-state index in [1.807, 2.05) is 0 Å². The fourth-order valence-electron chi connectivity index (χ4n) is 4.69. The van der Waals surface area contributed by atoms with Crippen LogP contribution in [-0.4, -0.2) is 15.2 Å². The lowest BCUT2D eigenvalue weighted by atomic mass is 10.1. The smallest absolute Gasteiger partial charge is 0.159 e. The van der Waals surface area contributed by atoms with Crippen LogP contribution < -0.4 is 20.3 Å². The molecule has 2 heteroatoms. The standard InChI is InChI=1S/C23H24OSi/c1-23(2,3)25(17-11-6-5-7-12-17)21-16-9-8-13-18(21)19-14-10-15-20(24-4)22(19)25/h5-16H,1-4H3/t25-/m1/s1. The summed E-state index contributed by atoms with van der Waals surface area (Å²) in [5.41, 5.74) is 2.72. The average Bonchev–Trinajstić information content (AvgIpc) is 2.94. The maximum Gasteiger partial charge on any atom is 0.159 e. The summed E-state index contributed by atoms with van der Waals surface area (Å²) in [4.78, 5) is 0. The van der Waals surface area contributed by atoms with E-state index in [0.717, 1.165) is 5.75 Å². The van der Waals surface area contributed by atoms with Crippen LogP contribution in [0.2, 0.25) is 5.04 Å². The number of ether oxygens (including phenoxy) is 1. The molecule has 1 heterocycles. The van der Waals surface area contributed by atoms with E-state index in [-0.39, 0.29) is 5.04 Å². The van der Waals surface area contributed by atoms with Crippen molar-refractivity contribution in [2.45, 2.75) is 25.8 Å². The van der Waals surface area contributed by atoms with Gasteiger partial charge in [-0.05, 0) is 37.8 Å². The van der Waals surface area contributed by atoms with Gasteiger partial charge in [0.1, 0.15) is 5.75 Å². The van der Waals surface area contributed by atoms with Crippen LogP contribution in [0.1, 0.15) is 20.8 Å². The van der Waals surface area contributed by atoms with Crippen molar-refractivity contribution in [3.63, 3.8) is 0 Å². The molecular formula is C23H24OSi. The molecule has 0 fully saturated rings. The summed E-state index contributed by atoms with van der Waals surface area (Å²) in [5, 5.41) is 4.51. The third-order valence-electron chi connectivity index (χ3n) is 5.57. The summed E-state index contributed by atoms with van der Waals surface area (Å²) in [7, 11) is -0.445. The van der Waals surface area contributed by atoms with Gasteiger partial charge in [0.05, 0.1) is 7.11 Å². The summed E-state index contributed by atoms with van der Waals surface area (Å²) in [6.07, 6.45) is 0. The zero-order valence-electron chi connectivity index (χ0n) is 15.3. The Morgan fingerprint density at radius 3 is 2.04 bits per heavy atom. The molecule has 1 nitrogen and oxygen atoms in total. The molecule has 0 aromatic heterocycles. The zero-order valence-corrected chi connectivity index (χ0v) is 16.3. The van der Waals surface area contributed by atoms with Crippen molar-refractivity contribution < 1.29 is 4.74 Å². The largest absolute Gasteiger partial charge is 0.497 e. The molecule has 0 saturated carbocycles. The lowest BCUT2D eigenvalue weighted by Gasteiger charge is -2.42. The Bertz CT molecular complexity index is 924. The minimum atomic E-state index is -2.24. The van der Waals surface area contributed by atoms with E-state index in [2.05, 4.69) is 93.6 Å². The van der Waals surface area contributed by atoms with Gasteiger partial charge < -0.3 is 4.74 Å². The molecule has 0 bridgehead atoms. The van der Waals surface area contributed by atoms with Crippen molar-refractivity contribution in [3.05, 3.63) is 72.8 Å². The van der Waals surface area contributed by atoms with Crippen LogP contribution in [0.25, 0.3) is 11.1 Å². The van der Waals surface area contributed by atoms with Crippen molar-refractivity contribution in [3.8, 4) is 16.9 Å². The molecule has 0 saturated heterocycles. The van der Waals surface area contributed by atoms with E-state index in [1.54, 1.807) is 7.11 Å². The van der Waals surface area contributed by atoms with Crippen molar-refractivity contribution in [2.75, 3.05) is 7.11 Å². The van der Waals surface area contributed by atoms with E-state index < -0.39 is 8.07 Å². The maximum atomic E-state index is 5.89. The summed E-state index contributed by atoms with van der Waals surface area (Å²) in [6, 6.07) is 26.6. The van der Waals surface area contributed by atoms with Gasteiger partial charge in [-0.3, -0.25) is 0 Å². The predicted molar refractivity (Wildman–Crippen MR) is 109 cm³/mol. The Labute approximate surface area is 151 Å². The maximum absolute atomic E-state index is 5.89. The molecule has 1 aliphatic heterocycles. The summed E-state index contributed by atoms with van der Waals surface area (Å²) in [5.74, 6) is 1.03. The third kappa shape index (κ3) is 2.07. The van der Waals surface area contributed by atoms with Gasteiger partial charge in [0.15, 0.2) is 8.07 Å². The van der Waals surface area contributed by atoms with Gasteiger partial charge in [-0.1, -0.05) is 87.5 Å². The normalized spacial score (nSPS) is 18.6. The molecule has 126 valence electrons. The summed E-state index contributed by atoms with van der Waals surface area (Å²) in [6.45, 7) is 7.18. The minimum absolute atomic E-state index is 0.115. The van der Waals surface area contributed by atoms with E-state index in [4.69, 9.17) is 4.74 Å². The van der Waals surface area contributed by atoms with E-state index in [1.165, 1.54) is 26.7 Å². The monoisotopic (exact) mass is 344 g/mol. The summed E-state index contributed by atoms with van der Waals surface area (Å²) >= 11 is 0. The van der Waals surface area contributed by atoms with Crippen molar-refractivity contribution in [2.24, 2.45) is 0 Å². The van der Waals surface area contributed by atoms with Crippen molar-refractivity contribution in [1.82, 2.24) is 0 Å². The van der Waals surface area contributed by atoms with Gasteiger partial charge in [-0.2, -0.15) is 0 Å². The molecule has 1 atom stereocenters. The molecular weight excluding hydrogens is 320 g/mol. The molecule has 0 unspecified atom stereocenters. The number of hydrogen-bond donors (Lipinski definition) is 0. The van der Waals surface area contributed by atoms with Gasteiger partial charge in [-0.15, -0.1) is 0 Å². The highest BCUT2D eigenvalue weighted by atomic mass is 28.3. The number of rotatable bonds is 2. The first kappa shape index (κ1) is 16.2. The van der Waals surface area contributed by atoms with E-state index in [0.29, 0.717) is 0 Å². The third-order valence-corrected chi connectivity index (χ3v) is 11.5. The fourth-order valence-corrected chi connectivity index (χ4v) is 10.8. The highest BCUT2D eigenvalue weighted by Gasteiger charge is 2.56. The fraction of sp³-hybridized carbons (Fsp3) is 0.217. The minimum Gasteiger partial charge on any atom is -0.497 e. The zero-order chi connectivity index (χ0) is 17.7. The number of methoxy groups -OCH3 is 1. The first-order valence-electron chi connectivity index (χ1n) is 8.84. The molecule has 0 amide bonds. The molecule has 0 N–H and O–H groups in total. The predicted octanol–water partition coefficient (Wildman–Crippen LogP) is 3.95. The van der Waals surface area contributed by atoms with Crippen LogP contribution in [0.3, 0.4) is 0 Å². The second-order valence-electron chi connectivity index (χ2n) is 7.79. The number of hydrogen-bond acceptors (Lipinski definition) is 1. The molecule has 1 aliphatic rings. The first-order valence-corrected chi connectivity index (χ1v) is 10.8. The molecule has 3 aromatic rings. The highest BCUT2D eigenvalue weighted by Crippen LogP contribution is 2.44. The van der Waals surface area contributed by atoms with Gasteiger partial charge in [-0.25, -0.2) is 0 Å². The van der Waals surface area contributed by atoms with Crippen molar-refractivity contribution >= 4 is 23.6 Å². The van der Waals surface area contributed by atoms with Crippen LogP contribution in [0, 0.1) is 0 Å². The van der Waals surface area contributed by atoms with Crippen LogP contribution in [0.15, 0.2) is 72.8 Å². The lowest BCUT2D eigenvalue weighted by Crippen LogP contribution is -2.70. The Balaban J connectivity index is 2.23. The Hall–Kier alpha value is -2.32. The SMILES string of the molecule is COc1cccc2c1[Si@](c1ccccc1)(C(C)(C)C)c1ccccc1-2. The van der Waals surface area contributed by atoms with E-state index in [9.17, 15) is 0 Å². The topological polar surface area (TPSA) is 9.23 Å². The van der Waals surface area contributed by atoms with E-state index >= 15 is 0 Å². The Kier molecular flexibility index (Phi) is 3.62.